The van der Waals surface area contributed by atoms with Gasteiger partial charge in [0.2, 0.25) is 5.91 Å². The number of nitrogens with zero attached hydrogens (tertiary/aromatic N) is 4. The summed E-state index contributed by atoms with van der Waals surface area (Å²) in [5, 5.41) is 18.8. The molecule has 13 heteroatoms. The second-order valence-electron chi connectivity index (χ2n) is 8.79. The third-order valence-corrected chi connectivity index (χ3v) is 8.41. The summed E-state index contributed by atoms with van der Waals surface area (Å²) in [6, 6.07) is 11.7. The van der Waals surface area contributed by atoms with Crippen molar-refractivity contribution in [1.82, 2.24) is 25.1 Å². The van der Waals surface area contributed by atoms with Gasteiger partial charge in [-0.2, -0.15) is 0 Å². The van der Waals surface area contributed by atoms with E-state index in [0.717, 1.165) is 11.3 Å². The van der Waals surface area contributed by atoms with Crippen molar-refractivity contribution >= 4 is 74.8 Å². The molecule has 1 atom stereocenters. The van der Waals surface area contributed by atoms with Crippen LogP contribution in [-0.2, 0) is 11.3 Å². The summed E-state index contributed by atoms with van der Waals surface area (Å²) in [5.74, 6) is 0.240. The summed E-state index contributed by atoms with van der Waals surface area (Å²) in [6.07, 6.45) is 0. The molecule has 0 aliphatic carbocycles. The zero-order chi connectivity index (χ0) is 28.1. The van der Waals surface area contributed by atoms with Crippen molar-refractivity contribution in [3.8, 4) is 11.3 Å². The molecule has 0 aliphatic heterocycles. The quantitative estimate of drug-likeness (QED) is 0.181. The maximum atomic E-state index is 13.0. The summed E-state index contributed by atoms with van der Waals surface area (Å²) < 4.78 is 1.90. The number of nitrogens with one attached hydrogen (secondary N) is 2. The number of rotatable bonds is 10. The van der Waals surface area contributed by atoms with E-state index in [9.17, 15) is 9.59 Å². The third kappa shape index (κ3) is 7.32. The van der Waals surface area contributed by atoms with Crippen LogP contribution < -0.4 is 10.6 Å². The SMILES string of the molecule is CCn1c(SCC(=O)Nc2nc(-c3ccc(Cl)cc3)cs2)nnc1[C@@H](NC(=O)c1ccc(Cl)c(Cl)c1)C(C)C. The lowest BCUT2D eigenvalue weighted by atomic mass is 10.0. The van der Waals surface area contributed by atoms with Gasteiger partial charge >= 0.3 is 0 Å². The Balaban J connectivity index is 1.41. The lowest BCUT2D eigenvalue weighted by Gasteiger charge is -2.22. The normalized spacial score (nSPS) is 12.0. The van der Waals surface area contributed by atoms with Gasteiger partial charge in [0, 0.05) is 28.1 Å². The number of anilines is 1. The molecule has 2 aromatic carbocycles. The van der Waals surface area contributed by atoms with Crippen molar-refractivity contribution in [2.45, 2.75) is 38.5 Å². The van der Waals surface area contributed by atoms with Crippen LogP contribution in [0.5, 0.6) is 0 Å². The van der Waals surface area contributed by atoms with Gasteiger partial charge in [-0.15, -0.1) is 21.5 Å². The van der Waals surface area contributed by atoms with E-state index < -0.39 is 6.04 Å². The van der Waals surface area contributed by atoms with Crippen molar-refractivity contribution in [1.29, 1.82) is 0 Å². The van der Waals surface area contributed by atoms with E-state index in [2.05, 4.69) is 25.8 Å². The summed E-state index contributed by atoms with van der Waals surface area (Å²) in [6.45, 7) is 6.50. The molecule has 0 saturated heterocycles. The average molecular weight is 624 g/mol. The number of amides is 2. The minimum atomic E-state index is -0.413. The van der Waals surface area contributed by atoms with Gasteiger partial charge in [-0.25, -0.2) is 4.98 Å². The van der Waals surface area contributed by atoms with Crippen LogP contribution in [0.15, 0.2) is 53.0 Å². The highest BCUT2D eigenvalue weighted by molar-refractivity contribution is 7.99. The fraction of sp³-hybridized carbons (Fsp3) is 0.269. The molecular formula is C26H25Cl3N6O2S2. The highest BCUT2D eigenvalue weighted by Gasteiger charge is 2.26. The first kappa shape index (κ1) is 29.4. The number of thioether (sulfide) groups is 1. The average Bonchev–Trinajstić information content (AvgIpc) is 3.54. The second kappa shape index (κ2) is 13.1. The highest BCUT2D eigenvalue weighted by Crippen LogP contribution is 2.28. The molecule has 0 radical (unpaired) electrons. The van der Waals surface area contributed by atoms with E-state index >= 15 is 0 Å². The number of carbonyl (C=O) groups excluding carboxylic acids is 2. The lowest BCUT2D eigenvalue weighted by Crippen LogP contribution is -2.33. The molecular weight excluding hydrogens is 599 g/mol. The van der Waals surface area contributed by atoms with Gasteiger partial charge in [0.25, 0.3) is 5.91 Å². The first-order chi connectivity index (χ1) is 18.7. The van der Waals surface area contributed by atoms with Gasteiger partial charge in [0.15, 0.2) is 16.1 Å². The van der Waals surface area contributed by atoms with Crippen molar-refractivity contribution in [3.63, 3.8) is 0 Å². The standard InChI is InChI=1S/C26H25Cl3N6O2S2/c1-4-35-23(22(14(2)3)32-24(37)16-7-10-18(28)19(29)11-16)33-34-26(35)39-13-21(36)31-25-30-20(12-38-25)15-5-8-17(27)9-6-15/h5-12,14,22H,4,13H2,1-3H3,(H,32,37)(H,30,31,36)/t22-/m0/s1. The van der Waals surface area contributed by atoms with Crippen molar-refractivity contribution in [3.05, 3.63) is 74.3 Å². The summed E-state index contributed by atoms with van der Waals surface area (Å²) in [7, 11) is 0. The molecule has 8 nitrogen and oxygen atoms in total. The topological polar surface area (TPSA) is 102 Å². The molecule has 204 valence electrons. The van der Waals surface area contributed by atoms with E-state index in [-0.39, 0.29) is 23.5 Å². The molecule has 0 bridgehead atoms. The zero-order valence-electron chi connectivity index (χ0n) is 21.2. The smallest absolute Gasteiger partial charge is 0.251 e. The number of hydrogen-bond donors (Lipinski definition) is 2. The van der Waals surface area contributed by atoms with Crippen LogP contribution in [0.3, 0.4) is 0 Å². The van der Waals surface area contributed by atoms with Crippen molar-refractivity contribution < 1.29 is 9.59 Å². The number of benzene rings is 2. The summed E-state index contributed by atoms with van der Waals surface area (Å²) in [4.78, 5) is 30.1. The Bertz CT molecular complexity index is 1470. The summed E-state index contributed by atoms with van der Waals surface area (Å²) in [5.41, 5.74) is 2.07. The number of hydrogen-bond acceptors (Lipinski definition) is 7. The van der Waals surface area contributed by atoms with E-state index in [1.807, 2.05) is 42.9 Å². The number of aromatic nitrogens is 4. The molecule has 2 amide bonds. The van der Waals surface area contributed by atoms with Crippen LogP contribution in [0.4, 0.5) is 5.13 Å². The fourth-order valence-electron chi connectivity index (χ4n) is 3.70. The minimum absolute atomic E-state index is 0.0205. The first-order valence-corrected chi connectivity index (χ1v) is 15.0. The second-order valence-corrected chi connectivity index (χ2v) is 11.8. The molecule has 0 saturated carbocycles. The predicted octanol–water partition coefficient (Wildman–Crippen LogP) is 7.24. The van der Waals surface area contributed by atoms with Crippen molar-refractivity contribution in [2.75, 3.05) is 11.1 Å². The van der Waals surface area contributed by atoms with Gasteiger partial charge in [0.05, 0.1) is 27.5 Å². The van der Waals surface area contributed by atoms with Crippen LogP contribution >= 0.6 is 57.9 Å². The molecule has 0 unspecified atom stereocenters. The Morgan fingerprint density at radius 1 is 1.05 bits per heavy atom. The van der Waals surface area contributed by atoms with E-state index in [0.29, 0.717) is 43.3 Å². The predicted molar refractivity (Wildman–Crippen MR) is 159 cm³/mol. The monoisotopic (exact) mass is 622 g/mol. The van der Waals surface area contributed by atoms with Gasteiger partial charge < -0.3 is 15.2 Å². The molecule has 39 heavy (non-hydrogen) atoms. The first-order valence-electron chi connectivity index (χ1n) is 12.0. The van der Waals surface area contributed by atoms with Gasteiger partial charge in [-0.05, 0) is 43.2 Å². The van der Waals surface area contributed by atoms with Crippen LogP contribution in [-0.4, -0.2) is 37.3 Å². The summed E-state index contributed by atoms with van der Waals surface area (Å²) >= 11 is 20.6. The largest absolute Gasteiger partial charge is 0.342 e. The van der Waals surface area contributed by atoms with Crippen LogP contribution in [0.2, 0.25) is 15.1 Å². The van der Waals surface area contributed by atoms with Gasteiger partial charge in [-0.3, -0.25) is 9.59 Å². The number of halogens is 3. The molecule has 4 aromatic rings. The van der Waals surface area contributed by atoms with E-state index in [1.165, 1.54) is 29.2 Å². The maximum Gasteiger partial charge on any atom is 0.251 e. The van der Waals surface area contributed by atoms with Crippen LogP contribution in [0.25, 0.3) is 11.3 Å². The zero-order valence-corrected chi connectivity index (χ0v) is 25.1. The van der Waals surface area contributed by atoms with Gasteiger partial charge in [-0.1, -0.05) is 72.5 Å². The van der Waals surface area contributed by atoms with Gasteiger partial charge in [0.1, 0.15) is 0 Å². The fourth-order valence-corrected chi connectivity index (χ4v) is 5.66. The van der Waals surface area contributed by atoms with Crippen LogP contribution in [0.1, 0.15) is 43.0 Å². The van der Waals surface area contributed by atoms with Crippen molar-refractivity contribution in [2.24, 2.45) is 5.92 Å². The molecule has 2 N–H and O–H groups in total. The Morgan fingerprint density at radius 2 is 1.79 bits per heavy atom. The highest BCUT2D eigenvalue weighted by atomic mass is 35.5. The Hall–Kier alpha value is -2.63. The Labute approximate surface area is 249 Å². The number of thiazole rings is 1. The molecule has 0 aliphatic rings. The lowest BCUT2D eigenvalue weighted by molar-refractivity contribution is -0.113. The molecule has 0 spiro atoms. The third-order valence-electron chi connectivity index (χ3n) is 5.70. The minimum Gasteiger partial charge on any atom is -0.342 e. The van der Waals surface area contributed by atoms with Crippen LogP contribution in [0, 0.1) is 5.92 Å². The molecule has 4 rings (SSSR count). The Morgan fingerprint density at radius 3 is 2.46 bits per heavy atom. The molecule has 0 fully saturated rings. The maximum absolute atomic E-state index is 13.0. The van der Waals surface area contributed by atoms with E-state index in [4.69, 9.17) is 34.8 Å². The number of carbonyl (C=O) groups is 2. The molecule has 2 heterocycles. The molecule has 2 aromatic heterocycles. The Kier molecular flexibility index (Phi) is 9.90. The van der Waals surface area contributed by atoms with E-state index in [1.54, 1.807) is 24.3 Å².